The Balaban J connectivity index is 3.14. The van der Waals surface area contributed by atoms with E-state index in [1.54, 1.807) is 0 Å². The van der Waals surface area contributed by atoms with E-state index in [0.717, 1.165) is 89.9 Å². The fourth-order valence-corrected chi connectivity index (χ4v) is 11.8. The average molecular weight is 1190 g/mol. The Morgan fingerprint density at radius 3 is 1.18 bits per heavy atom. The van der Waals surface area contributed by atoms with Crippen molar-refractivity contribution in [2.24, 2.45) is 5.92 Å². The number of rotatable bonds is 59. The highest BCUT2D eigenvalue weighted by Gasteiger charge is 2.51. The molecule has 0 aromatic rings. The number of carbonyl (C=O) groups is 4. The van der Waals surface area contributed by atoms with Gasteiger partial charge >= 0.3 is 19.8 Å². The van der Waals surface area contributed by atoms with Gasteiger partial charge in [-0.25, -0.2) is 4.57 Å². The lowest BCUT2D eigenvalue weighted by Gasteiger charge is -2.43. The molecule has 1 aliphatic rings. The molecule has 0 aliphatic carbocycles. The van der Waals surface area contributed by atoms with Crippen molar-refractivity contribution in [3.63, 3.8) is 0 Å². The molecule has 0 bridgehead atoms. The lowest BCUT2D eigenvalue weighted by Crippen LogP contribution is -2.60. The molecule has 1 heterocycles. The summed E-state index contributed by atoms with van der Waals surface area (Å²) in [5, 5.41) is 35.4. The van der Waals surface area contributed by atoms with Crippen molar-refractivity contribution in [2.45, 2.75) is 366 Å². The summed E-state index contributed by atoms with van der Waals surface area (Å²) in [7, 11) is -5.30. The number of phosphoric acid groups is 1. The molecular weight excluding hydrogens is 1070 g/mol. The third-order valence-corrected chi connectivity index (χ3v) is 16.7. The molecule has 1 aliphatic heterocycles. The van der Waals surface area contributed by atoms with Gasteiger partial charge in [0.1, 0.15) is 30.2 Å². The van der Waals surface area contributed by atoms with Crippen molar-refractivity contribution in [2.75, 3.05) is 19.8 Å². The summed E-state index contributed by atoms with van der Waals surface area (Å²) in [4.78, 5) is 74.4. The number of carbonyl (C=O) groups excluding carboxylic acids is 4. The number of ether oxygens (including phenoxy) is 4. The average Bonchev–Trinajstić information content (AvgIpc) is 3.51. The van der Waals surface area contributed by atoms with Crippen LogP contribution in [-0.2, 0) is 47.2 Å². The quantitative estimate of drug-likeness (QED) is 0.0188. The molecule has 1 amide bonds. The Bertz CT molecular complexity index is 1580. The molecule has 82 heavy (non-hydrogen) atoms. The van der Waals surface area contributed by atoms with Gasteiger partial charge in [-0.15, -0.1) is 0 Å². The lowest BCUT2D eigenvalue weighted by molar-refractivity contribution is -0.278. The molecule has 0 radical (unpaired) electrons. The summed E-state index contributed by atoms with van der Waals surface area (Å²) in [6.07, 6.45) is 36.9. The Labute approximate surface area is 498 Å². The molecule has 8 atom stereocenters. The summed E-state index contributed by atoms with van der Waals surface area (Å²) < 4.78 is 41.0. The fraction of sp³-hybridized carbons (Fsp3) is 0.938. The standard InChI is InChI=1S/C65H124NO15P/c1-5-9-13-17-21-25-27-31-35-39-43-47-60(71)78-55(45-41-37-33-29-23-19-15-11-7-3)49-57(69)62-63(73)64(81-82(74,75)76)58(52-68)80-65(62)77-53-54(51-67)66-59(70)50-56(46-42-38-34-30-24-20-16-12-8-4)79-61(72)48-44-40-36-32-28-26-22-18-14-10-6-2/h54-56,58,62-65,67-68,73H,5-53H2,1-4H3,(H,66,70)(H2,74,75,76)/t54-,55+,56+,58+,62+,63+,64+,65+/m0/s1. The molecule has 1 fully saturated rings. The van der Waals surface area contributed by atoms with Crippen LogP contribution in [0.4, 0.5) is 0 Å². The maximum absolute atomic E-state index is 14.5. The first-order chi connectivity index (χ1) is 39.7. The molecule has 0 spiro atoms. The van der Waals surface area contributed by atoms with Crippen LogP contribution in [0.3, 0.4) is 0 Å². The second-order valence-corrected chi connectivity index (χ2v) is 25.2. The Morgan fingerprint density at radius 2 is 0.841 bits per heavy atom. The Morgan fingerprint density at radius 1 is 0.500 bits per heavy atom. The maximum atomic E-state index is 14.5. The zero-order valence-electron chi connectivity index (χ0n) is 52.5. The lowest BCUT2D eigenvalue weighted by atomic mass is 9.85. The van der Waals surface area contributed by atoms with E-state index in [1.807, 2.05) is 0 Å². The van der Waals surface area contributed by atoms with E-state index in [4.69, 9.17) is 23.5 Å². The number of hydrogen-bond acceptors (Lipinski definition) is 13. The second-order valence-electron chi connectivity index (χ2n) is 24.0. The summed E-state index contributed by atoms with van der Waals surface area (Å²) in [5.74, 6) is -3.61. The number of aliphatic hydroxyl groups is 3. The number of phosphoric ester groups is 1. The zero-order valence-corrected chi connectivity index (χ0v) is 53.4. The Hall–Kier alpha value is -2.01. The highest BCUT2D eigenvalue weighted by molar-refractivity contribution is 7.46. The second kappa shape index (κ2) is 53.2. The van der Waals surface area contributed by atoms with Crippen LogP contribution in [0.2, 0.25) is 0 Å². The minimum absolute atomic E-state index is 0.149. The van der Waals surface area contributed by atoms with E-state index in [1.165, 1.54) is 148 Å². The van der Waals surface area contributed by atoms with Crippen LogP contribution in [0.5, 0.6) is 0 Å². The van der Waals surface area contributed by atoms with Crippen molar-refractivity contribution in [3.8, 4) is 0 Å². The maximum Gasteiger partial charge on any atom is 0.470 e. The predicted octanol–water partition coefficient (Wildman–Crippen LogP) is 15.1. The first kappa shape index (κ1) is 78.0. The van der Waals surface area contributed by atoms with Gasteiger partial charge in [-0.1, -0.05) is 259 Å². The van der Waals surface area contributed by atoms with E-state index in [-0.39, 0.29) is 31.7 Å². The summed E-state index contributed by atoms with van der Waals surface area (Å²) in [6.45, 7) is 6.91. The molecular formula is C65H124NO15P. The monoisotopic (exact) mass is 1190 g/mol. The number of amides is 1. The molecule has 484 valence electrons. The normalized spacial score (nSPS) is 18.5. The molecule has 0 unspecified atom stereocenters. The van der Waals surface area contributed by atoms with Crippen molar-refractivity contribution in [3.05, 3.63) is 0 Å². The molecule has 0 aromatic carbocycles. The first-order valence-electron chi connectivity index (χ1n) is 33.8. The van der Waals surface area contributed by atoms with Gasteiger partial charge in [0.05, 0.1) is 44.3 Å². The van der Waals surface area contributed by atoms with Crippen LogP contribution in [0.15, 0.2) is 0 Å². The van der Waals surface area contributed by atoms with Gasteiger partial charge in [-0.05, 0) is 38.5 Å². The van der Waals surface area contributed by atoms with Gasteiger partial charge in [0.25, 0.3) is 0 Å². The number of esters is 2. The fourth-order valence-electron chi connectivity index (χ4n) is 11.2. The Kier molecular flexibility index (Phi) is 50.7. The molecule has 6 N–H and O–H groups in total. The van der Waals surface area contributed by atoms with Crippen LogP contribution in [0, 0.1) is 5.92 Å². The molecule has 1 rings (SSSR count). The number of ketones is 1. The largest absolute Gasteiger partial charge is 0.470 e. The van der Waals surface area contributed by atoms with Crippen molar-refractivity contribution >= 4 is 31.5 Å². The van der Waals surface area contributed by atoms with Gasteiger partial charge in [-0.2, -0.15) is 0 Å². The highest BCUT2D eigenvalue weighted by atomic mass is 31.2. The van der Waals surface area contributed by atoms with Crippen molar-refractivity contribution in [1.29, 1.82) is 0 Å². The molecule has 16 nitrogen and oxygen atoms in total. The van der Waals surface area contributed by atoms with Crippen molar-refractivity contribution < 1.29 is 72.3 Å². The number of aliphatic hydroxyl groups excluding tert-OH is 3. The molecule has 0 saturated carbocycles. The van der Waals surface area contributed by atoms with Gasteiger partial charge in [-0.3, -0.25) is 23.7 Å². The van der Waals surface area contributed by atoms with E-state index in [0.29, 0.717) is 32.1 Å². The number of hydrogen-bond donors (Lipinski definition) is 6. The van der Waals surface area contributed by atoms with Crippen LogP contribution < -0.4 is 5.32 Å². The van der Waals surface area contributed by atoms with Crippen LogP contribution in [-0.4, -0.2) is 111 Å². The topological polar surface area (TPSA) is 245 Å². The zero-order chi connectivity index (χ0) is 60.3. The van der Waals surface area contributed by atoms with E-state index < -0.39 is 94.1 Å². The van der Waals surface area contributed by atoms with E-state index >= 15 is 0 Å². The van der Waals surface area contributed by atoms with Gasteiger partial charge in [0.15, 0.2) is 6.29 Å². The number of Topliss-reactive ketones (excluding diaryl/α,β-unsaturated/α-hetero) is 1. The van der Waals surface area contributed by atoms with Gasteiger partial charge < -0.3 is 49.4 Å². The highest BCUT2D eigenvalue weighted by Crippen LogP contribution is 2.43. The first-order valence-corrected chi connectivity index (χ1v) is 35.4. The van der Waals surface area contributed by atoms with Crippen LogP contribution in [0.1, 0.15) is 323 Å². The van der Waals surface area contributed by atoms with Crippen molar-refractivity contribution in [1.82, 2.24) is 5.32 Å². The molecule has 17 heteroatoms. The van der Waals surface area contributed by atoms with E-state index in [9.17, 15) is 48.8 Å². The number of unbranched alkanes of at least 4 members (excludes halogenated alkanes) is 36. The van der Waals surface area contributed by atoms with Crippen LogP contribution in [0.25, 0.3) is 0 Å². The summed E-state index contributed by atoms with van der Waals surface area (Å²) >= 11 is 0. The van der Waals surface area contributed by atoms with Crippen LogP contribution >= 0.6 is 7.82 Å². The van der Waals surface area contributed by atoms with Gasteiger partial charge in [0.2, 0.25) is 5.91 Å². The van der Waals surface area contributed by atoms with E-state index in [2.05, 4.69) is 33.0 Å². The minimum atomic E-state index is -5.30. The molecule has 1 saturated heterocycles. The summed E-state index contributed by atoms with van der Waals surface area (Å²) in [5.41, 5.74) is 0. The predicted molar refractivity (Wildman–Crippen MR) is 327 cm³/mol. The third-order valence-electron chi connectivity index (χ3n) is 16.2. The third kappa shape index (κ3) is 42.7. The molecule has 0 aromatic heterocycles. The summed E-state index contributed by atoms with van der Waals surface area (Å²) in [6, 6.07) is -1.06. The SMILES string of the molecule is CCCCCCCCCCCCCC(=O)O[C@H](CCCCCCCCCCC)CC(=O)N[C@@H](CO)CO[C@@H]1O[C@H](CO)[C@@H](OP(=O)(O)O)[C@H](O)[C@H]1C(=O)C[C@@H](CCCCCCCCCCC)OC(=O)CCCCCCCCCCCCC. The minimum Gasteiger partial charge on any atom is -0.462 e. The van der Waals surface area contributed by atoms with Gasteiger partial charge in [0, 0.05) is 19.3 Å². The number of nitrogens with one attached hydrogen (secondary N) is 1. The smallest absolute Gasteiger partial charge is 0.462 e.